The maximum Gasteiger partial charge on any atom is 0.278 e. The first-order valence-electron chi connectivity index (χ1n) is 6.30. The lowest BCUT2D eigenvalue weighted by Gasteiger charge is -2.05. The van der Waals surface area contributed by atoms with E-state index in [0.29, 0.717) is 16.9 Å². The minimum absolute atomic E-state index is 0.154. The van der Waals surface area contributed by atoms with E-state index >= 15 is 0 Å². The third kappa shape index (κ3) is 2.62. The van der Waals surface area contributed by atoms with Crippen LogP contribution in [-0.2, 0) is 6.42 Å². The van der Waals surface area contributed by atoms with E-state index in [1.807, 2.05) is 13.0 Å². The summed E-state index contributed by atoms with van der Waals surface area (Å²) >= 11 is 0. The average molecular weight is 269 g/mol. The molecule has 0 aliphatic rings. The number of carbonyl (C=O) groups is 1. The van der Waals surface area contributed by atoms with E-state index in [9.17, 15) is 4.79 Å². The predicted molar refractivity (Wildman–Crippen MR) is 76.1 cm³/mol. The van der Waals surface area contributed by atoms with Gasteiger partial charge < -0.3 is 11.1 Å². The molecule has 0 unspecified atom stereocenters. The van der Waals surface area contributed by atoms with E-state index < -0.39 is 5.91 Å². The summed E-state index contributed by atoms with van der Waals surface area (Å²) in [6.45, 7) is 2.02. The van der Waals surface area contributed by atoms with Crippen LogP contribution in [0.5, 0.6) is 0 Å². The second-order valence-electron chi connectivity index (χ2n) is 4.33. The zero-order valence-corrected chi connectivity index (χ0v) is 11.1. The predicted octanol–water partition coefficient (Wildman–Crippen LogP) is 2.07. The molecule has 20 heavy (non-hydrogen) atoms. The largest absolute Gasteiger partial charge is 0.395 e. The van der Waals surface area contributed by atoms with Crippen LogP contribution in [0.1, 0.15) is 35.1 Å². The van der Waals surface area contributed by atoms with Crippen molar-refractivity contribution in [2.24, 2.45) is 0 Å². The van der Waals surface area contributed by atoms with Crippen LogP contribution in [0.15, 0.2) is 24.3 Å². The van der Waals surface area contributed by atoms with Crippen molar-refractivity contribution in [1.29, 1.82) is 5.26 Å². The van der Waals surface area contributed by atoms with Crippen LogP contribution >= 0.6 is 0 Å². The molecule has 0 saturated carbocycles. The number of para-hydroxylation sites is 1. The van der Waals surface area contributed by atoms with Crippen molar-refractivity contribution in [3.05, 3.63) is 41.2 Å². The standard InChI is InChI=1S/C14H15N5O/c1-2-5-11-12(16)13(19-18-11)14(20)17-10-7-4-3-6-9(10)8-15/h3-4,6-7H,2,5,16H2,1H3,(H,17,20)(H,18,19). The van der Waals surface area contributed by atoms with E-state index in [1.165, 1.54) is 0 Å². The van der Waals surface area contributed by atoms with Gasteiger partial charge in [0, 0.05) is 0 Å². The SMILES string of the molecule is CCCc1[nH]nc(C(=O)Nc2ccccc2C#N)c1N. The molecule has 0 saturated heterocycles. The second-order valence-corrected chi connectivity index (χ2v) is 4.33. The Morgan fingerprint density at radius 3 is 2.95 bits per heavy atom. The first-order chi connectivity index (χ1) is 9.67. The number of H-pyrrole nitrogens is 1. The van der Waals surface area contributed by atoms with Crippen molar-refractivity contribution in [2.45, 2.75) is 19.8 Å². The molecule has 0 radical (unpaired) electrons. The number of aromatic amines is 1. The van der Waals surface area contributed by atoms with Crippen LogP contribution in [0.3, 0.4) is 0 Å². The Kier molecular flexibility index (Phi) is 4.01. The van der Waals surface area contributed by atoms with Crippen molar-refractivity contribution in [3.63, 3.8) is 0 Å². The number of aromatic nitrogens is 2. The molecule has 0 atom stereocenters. The number of nitrogens with one attached hydrogen (secondary N) is 2. The van der Waals surface area contributed by atoms with Crippen molar-refractivity contribution >= 4 is 17.3 Å². The summed E-state index contributed by atoms with van der Waals surface area (Å²) in [5, 5.41) is 18.3. The lowest BCUT2D eigenvalue weighted by Crippen LogP contribution is -2.15. The van der Waals surface area contributed by atoms with E-state index in [1.54, 1.807) is 24.3 Å². The Bertz CT molecular complexity index is 668. The van der Waals surface area contributed by atoms with E-state index in [-0.39, 0.29) is 5.69 Å². The molecule has 0 spiro atoms. The third-order valence-electron chi connectivity index (χ3n) is 2.89. The van der Waals surface area contributed by atoms with E-state index in [2.05, 4.69) is 15.5 Å². The minimum Gasteiger partial charge on any atom is -0.395 e. The Morgan fingerprint density at radius 2 is 2.25 bits per heavy atom. The number of rotatable bonds is 4. The second kappa shape index (κ2) is 5.89. The number of nitriles is 1. The number of carbonyl (C=O) groups excluding carboxylic acids is 1. The van der Waals surface area contributed by atoms with Crippen LogP contribution in [0.25, 0.3) is 0 Å². The molecular weight excluding hydrogens is 254 g/mol. The molecule has 0 aliphatic heterocycles. The number of nitrogen functional groups attached to an aromatic ring is 1. The molecule has 1 aromatic heterocycles. The quantitative estimate of drug-likeness (QED) is 0.789. The van der Waals surface area contributed by atoms with Gasteiger partial charge in [0.15, 0.2) is 5.69 Å². The van der Waals surface area contributed by atoms with Gasteiger partial charge in [0.1, 0.15) is 6.07 Å². The van der Waals surface area contributed by atoms with Gasteiger partial charge in [-0.15, -0.1) is 0 Å². The molecule has 102 valence electrons. The van der Waals surface area contributed by atoms with Crippen LogP contribution in [0.4, 0.5) is 11.4 Å². The highest BCUT2D eigenvalue weighted by atomic mass is 16.2. The van der Waals surface area contributed by atoms with Crippen LogP contribution < -0.4 is 11.1 Å². The molecule has 1 heterocycles. The number of anilines is 2. The molecule has 2 aromatic rings. The van der Waals surface area contributed by atoms with Crippen LogP contribution in [-0.4, -0.2) is 16.1 Å². The zero-order chi connectivity index (χ0) is 14.5. The van der Waals surface area contributed by atoms with E-state index in [0.717, 1.165) is 18.5 Å². The summed E-state index contributed by atoms with van der Waals surface area (Å²) in [6, 6.07) is 8.78. The lowest BCUT2D eigenvalue weighted by molar-refractivity contribution is 0.102. The summed E-state index contributed by atoms with van der Waals surface area (Å²) in [6.07, 6.45) is 1.64. The summed E-state index contributed by atoms with van der Waals surface area (Å²) in [4.78, 5) is 12.1. The maximum absolute atomic E-state index is 12.1. The first kappa shape index (κ1) is 13.6. The van der Waals surface area contributed by atoms with Crippen molar-refractivity contribution in [1.82, 2.24) is 10.2 Å². The van der Waals surface area contributed by atoms with E-state index in [4.69, 9.17) is 11.0 Å². The highest BCUT2D eigenvalue weighted by Crippen LogP contribution is 2.19. The fourth-order valence-electron chi connectivity index (χ4n) is 1.87. The first-order valence-corrected chi connectivity index (χ1v) is 6.30. The summed E-state index contributed by atoms with van der Waals surface area (Å²) in [5.74, 6) is -0.427. The topological polar surface area (TPSA) is 108 Å². The Morgan fingerprint density at radius 1 is 1.50 bits per heavy atom. The van der Waals surface area contributed by atoms with Gasteiger partial charge >= 0.3 is 0 Å². The normalized spacial score (nSPS) is 10.0. The van der Waals surface area contributed by atoms with Gasteiger partial charge in [0.25, 0.3) is 5.91 Å². The molecule has 0 fully saturated rings. The molecule has 0 aliphatic carbocycles. The number of amides is 1. The fourth-order valence-corrected chi connectivity index (χ4v) is 1.87. The molecule has 1 aromatic carbocycles. The fraction of sp³-hybridized carbons (Fsp3) is 0.214. The monoisotopic (exact) mass is 269 g/mol. The average Bonchev–Trinajstić information content (AvgIpc) is 2.81. The Labute approximate surface area is 116 Å². The molecule has 2 rings (SSSR count). The van der Waals surface area contributed by atoms with Crippen LogP contribution in [0, 0.1) is 11.3 Å². The van der Waals surface area contributed by atoms with Gasteiger partial charge in [0.2, 0.25) is 0 Å². The van der Waals surface area contributed by atoms with Crippen molar-refractivity contribution in [2.75, 3.05) is 11.1 Å². The highest BCUT2D eigenvalue weighted by molar-refractivity contribution is 6.07. The molecule has 4 N–H and O–H groups in total. The summed E-state index contributed by atoms with van der Waals surface area (Å²) in [7, 11) is 0. The Balaban J connectivity index is 2.23. The van der Waals surface area contributed by atoms with Gasteiger partial charge in [-0.1, -0.05) is 25.5 Å². The number of nitrogens with two attached hydrogens (primary N) is 1. The van der Waals surface area contributed by atoms with Crippen molar-refractivity contribution < 1.29 is 4.79 Å². The number of hydrogen-bond acceptors (Lipinski definition) is 4. The van der Waals surface area contributed by atoms with Gasteiger partial charge in [-0.2, -0.15) is 10.4 Å². The van der Waals surface area contributed by atoms with Gasteiger partial charge in [-0.3, -0.25) is 9.89 Å². The minimum atomic E-state index is -0.427. The molecule has 6 nitrogen and oxygen atoms in total. The van der Waals surface area contributed by atoms with Crippen molar-refractivity contribution in [3.8, 4) is 6.07 Å². The lowest BCUT2D eigenvalue weighted by atomic mass is 10.1. The zero-order valence-electron chi connectivity index (χ0n) is 11.1. The number of nitrogens with zero attached hydrogens (tertiary/aromatic N) is 2. The van der Waals surface area contributed by atoms with Gasteiger partial charge in [-0.25, -0.2) is 0 Å². The third-order valence-corrected chi connectivity index (χ3v) is 2.89. The smallest absolute Gasteiger partial charge is 0.278 e. The van der Waals surface area contributed by atoms with Crippen LogP contribution in [0.2, 0.25) is 0 Å². The number of aryl methyl sites for hydroxylation is 1. The van der Waals surface area contributed by atoms with Gasteiger partial charge in [0.05, 0.1) is 22.6 Å². The molecule has 6 heteroatoms. The molecule has 0 bridgehead atoms. The summed E-state index contributed by atoms with van der Waals surface area (Å²) < 4.78 is 0. The highest BCUT2D eigenvalue weighted by Gasteiger charge is 2.17. The maximum atomic E-state index is 12.1. The van der Waals surface area contributed by atoms with Gasteiger partial charge in [-0.05, 0) is 18.6 Å². The number of hydrogen-bond donors (Lipinski definition) is 3. The number of benzene rings is 1. The molecule has 1 amide bonds. The molecular formula is C14H15N5O. The summed E-state index contributed by atoms with van der Waals surface area (Å²) in [5.41, 5.74) is 8.00. The Hall–Kier alpha value is -2.81.